The Bertz CT molecular complexity index is 751. The number of anilines is 1. The van der Waals surface area contributed by atoms with Gasteiger partial charge in [0.15, 0.2) is 11.2 Å². The molecular weight excluding hydrogens is 249 g/mol. The van der Waals surface area contributed by atoms with E-state index in [9.17, 15) is 9.28 Å². The zero-order valence-corrected chi connectivity index (χ0v) is 9.80. The van der Waals surface area contributed by atoms with Gasteiger partial charge in [0.25, 0.3) is 5.56 Å². The fraction of sp³-hybridized carbons (Fsp3) is 0.0833. The highest BCUT2D eigenvalue weighted by molar-refractivity contribution is 5.69. The van der Waals surface area contributed by atoms with E-state index >= 15 is 0 Å². The van der Waals surface area contributed by atoms with Gasteiger partial charge in [0.1, 0.15) is 0 Å². The first-order valence-corrected chi connectivity index (χ1v) is 5.64. The van der Waals surface area contributed by atoms with Gasteiger partial charge >= 0.3 is 0 Å². The first-order valence-electron chi connectivity index (χ1n) is 5.64. The number of aromatic amines is 2. The van der Waals surface area contributed by atoms with Gasteiger partial charge in [-0.1, -0.05) is 34.8 Å². The van der Waals surface area contributed by atoms with Crippen molar-refractivity contribution in [3.05, 3.63) is 52.6 Å². The van der Waals surface area contributed by atoms with Gasteiger partial charge in [-0.3, -0.25) is 9.78 Å². The molecule has 0 saturated carbocycles. The van der Waals surface area contributed by atoms with Gasteiger partial charge in [-0.05, 0) is 5.56 Å². The molecule has 19 heavy (non-hydrogen) atoms. The number of hydrogen-bond acceptors (Lipinski definition) is 4. The molecule has 1 aromatic carbocycles. The minimum atomic E-state index is -0.451. The number of H-pyrrole nitrogens is 2. The number of imidazole rings is 1. The molecule has 0 amide bonds. The third-order valence-electron chi connectivity index (χ3n) is 2.68. The molecule has 0 atom stereocenters. The van der Waals surface area contributed by atoms with Gasteiger partial charge in [0.05, 0.1) is 12.9 Å². The SMILES string of the molecule is O=c1[nH]c(N(F)Cc2ccccc2)nc2nc[nH]c12. The number of halogens is 1. The lowest BCUT2D eigenvalue weighted by Crippen LogP contribution is -2.19. The van der Waals surface area contributed by atoms with Gasteiger partial charge in [-0.2, -0.15) is 10.1 Å². The van der Waals surface area contributed by atoms with Crippen molar-refractivity contribution in [1.82, 2.24) is 19.9 Å². The lowest BCUT2D eigenvalue weighted by molar-refractivity contribution is 0.418. The van der Waals surface area contributed by atoms with Gasteiger partial charge in [0.2, 0.25) is 5.95 Å². The van der Waals surface area contributed by atoms with Crippen molar-refractivity contribution in [3.8, 4) is 0 Å². The summed E-state index contributed by atoms with van der Waals surface area (Å²) in [4.78, 5) is 24.5. The summed E-state index contributed by atoms with van der Waals surface area (Å²) in [5.41, 5.74) is 0.745. The van der Waals surface area contributed by atoms with Crippen LogP contribution in [0.4, 0.5) is 10.4 Å². The first kappa shape index (κ1) is 11.4. The van der Waals surface area contributed by atoms with Gasteiger partial charge < -0.3 is 4.98 Å². The van der Waals surface area contributed by atoms with E-state index in [1.54, 1.807) is 12.1 Å². The summed E-state index contributed by atoms with van der Waals surface area (Å²) in [7, 11) is 0. The topological polar surface area (TPSA) is 77.7 Å². The molecule has 0 aliphatic rings. The van der Waals surface area contributed by atoms with Crippen LogP contribution in [0.1, 0.15) is 5.56 Å². The quantitative estimate of drug-likeness (QED) is 0.699. The third-order valence-corrected chi connectivity index (χ3v) is 2.68. The molecule has 3 aromatic rings. The number of hydrogen-bond donors (Lipinski definition) is 2. The molecule has 0 saturated heterocycles. The molecule has 0 unspecified atom stereocenters. The van der Waals surface area contributed by atoms with E-state index in [4.69, 9.17) is 0 Å². The Hall–Kier alpha value is -2.70. The molecule has 7 heteroatoms. The Morgan fingerprint density at radius 1 is 1.26 bits per heavy atom. The maximum atomic E-state index is 14.0. The lowest BCUT2D eigenvalue weighted by atomic mass is 10.2. The van der Waals surface area contributed by atoms with Crippen LogP contribution in [-0.4, -0.2) is 19.9 Å². The molecule has 0 radical (unpaired) electrons. The van der Waals surface area contributed by atoms with Crippen LogP contribution in [0.25, 0.3) is 11.2 Å². The predicted octanol–water partition coefficient (Wildman–Crippen LogP) is 1.54. The normalized spacial score (nSPS) is 10.8. The fourth-order valence-electron chi connectivity index (χ4n) is 1.76. The molecule has 0 aliphatic carbocycles. The van der Waals surface area contributed by atoms with Crippen molar-refractivity contribution in [2.45, 2.75) is 6.54 Å². The zero-order chi connectivity index (χ0) is 13.2. The summed E-state index contributed by atoms with van der Waals surface area (Å²) < 4.78 is 14.0. The van der Waals surface area contributed by atoms with Crippen molar-refractivity contribution < 1.29 is 4.48 Å². The van der Waals surface area contributed by atoms with E-state index in [-0.39, 0.29) is 23.7 Å². The Kier molecular flexibility index (Phi) is 2.71. The third kappa shape index (κ3) is 2.17. The summed E-state index contributed by atoms with van der Waals surface area (Å²) in [5.74, 6) is -0.159. The van der Waals surface area contributed by atoms with Crippen LogP contribution in [0.2, 0.25) is 0 Å². The van der Waals surface area contributed by atoms with Crippen molar-refractivity contribution >= 4 is 17.1 Å². The highest BCUT2D eigenvalue weighted by atomic mass is 19.2. The number of benzene rings is 1. The van der Waals surface area contributed by atoms with Crippen LogP contribution in [0, 0.1) is 0 Å². The summed E-state index contributed by atoms with van der Waals surface area (Å²) >= 11 is 0. The molecule has 0 spiro atoms. The monoisotopic (exact) mass is 259 g/mol. The minimum Gasteiger partial charge on any atom is -0.339 e. The molecule has 2 N–H and O–H groups in total. The van der Waals surface area contributed by atoms with Crippen LogP contribution in [0.15, 0.2) is 41.5 Å². The van der Waals surface area contributed by atoms with Crippen LogP contribution in [0.3, 0.4) is 0 Å². The Morgan fingerprint density at radius 2 is 2.05 bits per heavy atom. The average Bonchev–Trinajstić information content (AvgIpc) is 2.88. The van der Waals surface area contributed by atoms with Crippen LogP contribution in [0.5, 0.6) is 0 Å². The largest absolute Gasteiger partial charge is 0.339 e. The standard InChI is InChI=1S/C12H10FN5O/c13-18(6-8-4-2-1-3-5-8)12-16-10-9(11(19)17-12)14-7-15-10/h1-5,7H,6H2,(H2,14,15,16,17,19). The second-order valence-corrected chi connectivity index (χ2v) is 4.00. The van der Waals surface area contributed by atoms with E-state index < -0.39 is 5.56 Å². The van der Waals surface area contributed by atoms with E-state index in [0.717, 1.165) is 5.56 Å². The molecule has 96 valence electrons. The lowest BCUT2D eigenvalue weighted by Gasteiger charge is -2.11. The molecule has 0 bridgehead atoms. The molecule has 3 rings (SSSR count). The Balaban J connectivity index is 1.93. The van der Waals surface area contributed by atoms with Crippen LogP contribution in [-0.2, 0) is 6.54 Å². The van der Waals surface area contributed by atoms with E-state index in [1.165, 1.54) is 6.33 Å². The first-order chi connectivity index (χ1) is 9.24. The second kappa shape index (κ2) is 4.52. The van der Waals surface area contributed by atoms with Crippen molar-refractivity contribution in [1.29, 1.82) is 0 Å². The van der Waals surface area contributed by atoms with Gasteiger partial charge in [0, 0.05) is 0 Å². The highest BCUT2D eigenvalue weighted by Gasteiger charge is 2.12. The van der Waals surface area contributed by atoms with Gasteiger partial charge in [-0.25, -0.2) is 4.98 Å². The summed E-state index contributed by atoms with van der Waals surface area (Å²) in [6, 6.07) is 9.06. The number of fused-ring (bicyclic) bond motifs is 1. The maximum Gasteiger partial charge on any atom is 0.278 e. The van der Waals surface area contributed by atoms with E-state index in [2.05, 4.69) is 19.9 Å². The smallest absolute Gasteiger partial charge is 0.278 e. The van der Waals surface area contributed by atoms with Crippen LogP contribution >= 0.6 is 0 Å². The molecule has 2 heterocycles. The fourth-order valence-corrected chi connectivity index (χ4v) is 1.76. The maximum absolute atomic E-state index is 14.0. The van der Waals surface area contributed by atoms with E-state index in [1.807, 2.05) is 18.2 Å². The Morgan fingerprint density at radius 3 is 2.84 bits per heavy atom. The average molecular weight is 259 g/mol. The summed E-state index contributed by atoms with van der Waals surface area (Å²) in [6.07, 6.45) is 1.34. The number of nitrogens with one attached hydrogen (secondary N) is 2. The number of aromatic nitrogens is 4. The van der Waals surface area contributed by atoms with E-state index in [0.29, 0.717) is 5.12 Å². The molecular formula is C12H10FN5O. The predicted molar refractivity (Wildman–Crippen MR) is 68.2 cm³/mol. The molecule has 2 aromatic heterocycles. The molecule has 0 aliphatic heterocycles. The summed E-state index contributed by atoms with van der Waals surface area (Å²) in [5, 5.41) is 0.380. The number of nitrogens with zero attached hydrogens (tertiary/aromatic N) is 3. The summed E-state index contributed by atoms with van der Waals surface area (Å²) in [6.45, 7) is -0.000288. The van der Waals surface area contributed by atoms with Gasteiger partial charge in [-0.15, -0.1) is 0 Å². The molecule has 6 nitrogen and oxygen atoms in total. The van der Waals surface area contributed by atoms with Crippen molar-refractivity contribution in [3.63, 3.8) is 0 Å². The second-order valence-electron chi connectivity index (χ2n) is 4.00. The highest BCUT2D eigenvalue weighted by Crippen LogP contribution is 2.13. The molecule has 0 fully saturated rings. The minimum absolute atomic E-state index is 0.000288. The van der Waals surface area contributed by atoms with Crippen molar-refractivity contribution in [2.24, 2.45) is 0 Å². The van der Waals surface area contributed by atoms with Crippen LogP contribution < -0.4 is 10.7 Å². The number of rotatable bonds is 3. The zero-order valence-electron chi connectivity index (χ0n) is 9.80. The van der Waals surface area contributed by atoms with Crippen molar-refractivity contribution in [2.75, 3.05) is 5.12 Å². The Labute approximate surface area is 106 Å².